The highest BCUT2D eigenvalue weighted by Gasteiger charge is 2.32. The molecule has 0 N–H and O–H groups in total. The Morgan fingerprint density at radius 1 is 1.55 bits per heavy atom. The smallest absolute Gasteiger partial charge is 0.147 e. The predicted octanol–water partition coefficient (Wildman–Crippen LogP) is 1.18. The van der Waals surface area contributed by atoms with Gasteiger partial charge in [0.25, 0.3) is 0 Å². The second kappa shape index (κ2) is 2.36. The first kappa shape index (κ1) is 6.89. The Kier molecular flexibility index (Phi) is 1.48. The molecule has 0 radical (unpaired) electrons. The summed E-state index contributed by atoms with van der Waals surface area (Å²) in [6.07, 6.45) is 4.50. The second-order valence-corrected chi connectivity index (χ2v) is 3.47. The van der Waals surface area contributed by atoms with E-state index in [-0.39, 0.29) is 0 Å². The van der Waals surface area contributed by atoms with E-state index in [9.17, 15) is 4.79 Å². The largest absolute Gasteiger partial charge is 0.377 e. The number of hydrogen-bond donors (Lipinski definition) is 0. The van der Waals surface area contributed by atoms with Gasteiger partial charge in [-0.05, 0) is 19.3 Å². The molecule has 2 aliphatic rings. The molecule has 11 heavy (non-hydrogen) atoms. The number of carbonyl (C=O) groups is 1. The van der Waals surface area contributed by atoms with Gasteiger partial charge in [0.15, 0.2) is 0 Å². The molecule has 1 aliphatic heterocycles. The van der Waals surface area contributed by atoms with Crippen LogP contribution in [0.5, 0.6) is 0 Å². The van der Waals surface area contributed by atoms with Crippen molar-refractivity contribution in [1.29, 1.82) is 0 Å². The van der Waals surface area contributed by atoms with Gasteiger partial charge >= 0.3 is 0 Å². The van der Waals surface area contributed by atoms with E-state index < -0.39 is 0 Å². The first-order chi connectivity index (χ1) is 5.33. The van der Waals surface area contributed by atoms with Crippen LogP contribution in [-0.4, -0.2) is 24.8 Å². The normalized spacial score (nSPS) is 29.5. The minimum absolute atomic E-state index is 0.709. The maximum Gasteiger partial charge on any atom is 0.147 e. The van der Waals surface area contributed by atoms with Crippen molar-refractivity contribution in [3.8, 4) is 0 Å². The molecule has 2 rings (SSSR count). The summed E-state index contributed by atoms with van der Waals surface area (Å²) in [5, 5.41) is 0. The van der Waals surface area contributed by atoms with Gasteiger partial charge in [0.1, 0.15) is 6.29 Å². The van der Waals surface area contributed by atoms with Crippen LogP contribution in [0.4, 0.5) is 0 Å². The van der Waals surface area contributed by atoms with Crippen molar-refractivity contribution in [3.05, 3.63) is 11.3 Å². The number of fused-ring (bicyclic) bond motifs is 1. The Labute approximate surface area is 66.9 Å². The molecule has 1 aliphatic carbocycles. The molecule has 1 unspecified atom stereocenters. The molecule has 60 valence electrons. The fraction of sp³-hybridized carbons (Fsp3) is 0.667. The molecule has 1 fully saturated rings. The van der Waals surface area contributed by atoms with Crippen LogP contribution in [0.2, 0.25) is 0 Å². The van der Waals surface area contributed by atoms with Crippen molar-refractivity contribution in [2.24, 2.45) is 5.92 Å². The minimum Gasteiger partial charge on any atom is -0.377 e. The molecule has 0 saturated carbocycles. The molecule has 0 bridgehead atoms. The summed E-state index contributed by atoms with van der Waals surface area (Å²) in [5.41, 5.74) is 2.38. The molecule has 1 atom stereocenters. The van der Waals surface area contributed by atoms with Crippen LogP contribution in [-0.2, 0) is 4.79 Å². The van der Waals surface area contributed by atoms with Gasteiger partial charge in [0.05, 0.1) is 0 Å². The van der Waals surface area contributed by atoms with Crippen LogP contribution >= 0.6 is 0 Å². The highest BCUT2D eigenvalue weighted by molar-refractivity contribution is 5.75. The van der Waals surface area contributed by atoms with Gasteiger partial charge in [-0.25, -0.2) is 0 Å². The highest BCUT2D eigenvalue weighted by Crippen LogP contribution is 2.39. The summed E-state index contributed by atoms with van der Waals surface area (Å²) in [6, 6.07) is 0. The van der Waals surface area contributed by atoms with Gasteiger partial charge in [-0.2, -0.15) is 0 Å². The summed E-state index contributed by atoms with van der Waals surface area (Å²) in [5.74, 6) is 0.709. The Morgan fingerprint density at radius 2 is 2.36 bits per heavy atom. The third kappa shape index (κ3) is 0.889. The lowest BCUT2D eigenvalue weighted by atomic mass is 10.1. The molecular formula is C9H13NO. The van der Waals surface area contributed by atoms with Crippen LogP contribution < -0.4 is 0 Å². The average molecular weight is 151 g/mol. The Balaban J connectivity index is 2.34. The van der Waals surface area contributed by atoms with Gasteiger partial charge in [0, 0.05) is 30.8 Å². The maximum atomic E-state index is 10.6. The molecule has 0 amide bonds. The first-order valence-corrected chi connectivity index (χ1v) is 4.22. The van der Waals surface area contributed by atoms with E-state index in [1.54, 1.807) is 0 Å². The summed E-state index contributed by atoms with van der Waals surface area (Å²) in [7, 11) is 2.09. The predicted molar refractivity (Wildman–Crippen MR) is 43.1 cm³/mol. The third-order valence-electron chi connectivity index (χ3n) is 2.84. The van der Waals surface area contributed by atoms with Crippen LogP contribution in [0.3, 0.4) is 0 Å². The van der Waals surface area contributed by atoms with Crippen molar-refractivity contribution in [2.75, 3.05) is 13.6 Å². The molecular weight excluding hydrogens is 138 g/mol. The summed E-state index contributed by atoms with van der Waals surface area (Å²) in [4.78, 5) is 12.8. The molecule has 2 heteroatoms. The number of aldehydes is 1. The molecule has 2 nitrogen and oxygen atoms in total. The van der Waals surface area contributed by atoms with Gasteiger partial charge in [-0.3, -0.25) is 4.79 Å². The van der Waals surface area contributed by atoms with Gasteiger partial charge in [-0.15, -0.1) is 0 Å². The van der Waals surface area contributed by atoms with E-state index in [1.165, 1.54) is 18.5 Å². The second-order valence-electron chi connectivity index (χ2n) is 3.47. The lowest BCUT2D eigenvalue weighted by Gasteiger charge is -2.13. The monoisotopic (exact) mass is 151 g/mol. The van der Waals surface area contributed by atoms with E-state index in [2.05, 4.69) is 11.9 Å². The molecule has 0 aromatic carbocycles. The van der Waals surface area contributed by atoms with Crippen molar-refractivity contribution in [1.82, 2.24) is 4.90 Å². The lowest BCUT2D eigenvalue weighted by Crippen LogP contribution is -2.12. The van der Waals surface area contributed by atoms with Crippen molar-refractivity contribution in [2.45, 2.75) is 19.3 Å². The fourth-order valence-electron chi connectivity index (χ4n) is 2.28. The molecule has 0 spiro atoms. The average Bonchev–Trinajstić information content (AvgIpc) is 2.54. The Bertz CT molecular complexity index is 220. The number of nitrogens with zero attached hydrogens (tertiary/aromatic N) is 1. The van der Waals surface area contributed by atoms with E-state index in [1.807, 2.05) is 0 Å². The van der Waals surface area contributed by atoms with Gasteiger partial charge in [-0.1, -0.05) is 0 Å². The molecule has 1 heterocycles. The van der Waals surface area contributed by atoms with E-state index in [4.69, 9.17) is 0 Å². The Hall–Kier alpha value is -0.790. The van der Waals surface area contributed by atoms with Crippen LogP contribution in [0.1, 0.15) is 19.3 Å². The number of allylic oxidation sites excluding steroid dienone is 2. The van der Waals surface area contributed by atoms with Crippen molar-refractivity contribution in [3.63, 3.8) is 0 Å². The molecule has 0 aromatic heterocycles. The quantitative estimate of drug-likeness (QED) is 0.524. The van der Waals surface area contributed by atoms with E-state index in [0.29, 0.717) is 5.92 Å². The number of likely N-dealkylation sites (tertiary alicyclic amines) is 1. The molecule has 0 aromatic rings. The van der Waals surface area contributed by atoms with Gasteiger partial charge in [0.2, 0.25) is 0 Å². The van der Waals surface area contributed by atoms with Crippen LogP contribution in [0.25, 0.3) is 0 Å². The SMILES string of the molecule is CN1CCC2CCC(C=O)=C21. The highest BCUT2D eigenvalue weighted by atomic mass is 16.1. The van der Waals surface area contributed by atoms with Crippen LogP contribution in [0, 0.1) is 5.92 Å². The lowest BCUT2D eigenvalue weighted by molar-refractivity contribution is -0.105. The van der Waals surface area contributed by atoms with Crippen molar-refractivity contribution >= 4 is 6.29 Å². The summed E-state index contributed by atoms with van der Waals surface area (Å²) < 4.78 is 0. The van der Waals surface area contributed by atoms with E-state index >= 15 is 0 Å². The topological polar surface area (TPSA) is 20.3 Å². The summed E-state index contributed by atoms with van der Waals surface area (Å²) in [6.45, 7) is 1.14. The fourth-order valence-corrected chi connectivity index (χ4v) is 2.28. The zero-order valence-electron chi connectivity index (χ0n) is 6.84. The zero-order chi connectivity index (χ0) is 7.84. The van der Waals surface area contributed by atoms with Crippen molar-refractivity contribution < 1.29 is 4.79 Å². The molecule has 1 saturated heterocycles. The Morgan fingerprint density at radius 3 is 3.09 bits per heavy atom. The first-order valence-electron chi connectivity index (χ1n) is 4.22. The van der Waals surface area contributed by atoms with Gasteiger partial charge < -0.3 is 4.90 Å². The number of carbonyl (C=O) groups excluding carboxylic acids is 1. The minimum atomic E-state index is 0.709. The number of rotatable bonds is 1. The summed E-state index contributed by atoms with van der Waals surface area (Å²) >= 11 is 0. The maximum absolute atomic E-state index is 10.6. The number of hydrogen-bond acceptors (Lipinski definition) is 2. The zero-order valence-corrected chi connectivity index (χ0v) is 6.84. The van der Waals surface area contributed by atoms with E-state index in [0.717, 1.165) is 24.8 Å². The van der Waals surface area contributed by atoms with Crippen LogP contribution in [0.15, 0.2) is 11.3 Å². The third-order valence-corrected chi connectivity index (χ3v) is 2.84. The standard InChI is InChI=1S/C9H13NO/c1-10-5-4-7-2-3-8(6-11)9(7)10/h6-7H,2-5H2,1H3.